The van der Waals surface area contributed by atoms with Crippen molar-refractivity contribution in [1.82, 2.24) is 14.6 Å². The molecule has 1 amide bonds. The standard InChI is InChI=1S/C15H21F3N4O5S/c1-27-5-4-22(9-2-3-9)28(25,26)10-6-11(19)13(20-7-10)14(24)21-8-12(23)15(16,17)18/h6-7,9,12,23H,2-5,8,19H2,1H3,(H,21,24). The van der Waals surface area contributed by atoms with Gasteiger partial charge in [0, 0.05) is 25.9 Å². The van der Waals surface area contributed by atoms with Gasteiger partial charge in [-0.15, -0.1) is 0 Å². The number of halogens is 3. The second kappa shape index (κ2) is 8.59. The summed E-state index contributed by atoms with van der Waals surface area (Å²) in [5.41, 5.74) is 4.93. The van der Waals surface area contributed by atoms with Crippen LogP contribution < -0.4 is 11.1 Å². The smallest absolute Gasteiger partial charge is 0.397 e. The second-order valence-corrected chi connectivity index (χ2v) is 8.11. The van der Waals surface area contributed by atoms with Crippen LogP contribution in [0.1, 0.15) is 23.3 Å². The lowest BCUT2D eigenvalue weighted by Crippen LogP contribution is -2.41. The quantitative estimate of drug-likeness (QED) is 0.510. The number of carbonyl (C=O) groups excluding carboxylic acids is 1. The molecule has 13 heteroatoms. The van der Waals surface area contributed by atoms with E-state index < -0.39 is 40.4 Å². The minimum atomic E-state index is -4.89. The van der Waals surface area contributed by atoms with Crippen molar-refractivity contribution in [1.29, 1.82) is 0 Å². The van der Waals surface area contributed by atoms with E-state index in [1.807, 2.05) is 5.32 Å². The number of aliphatic hydroxyl groups excluding tert-OH is 1. The van der Waals surface area contributed by atoms with E-state index in [0.717, 1.165) is 12.3 Å². The van der Waals surface area contributed by atoms with Crippen LogP contribution in [0, 0.1) is 0 Å². The first-order valence-corrected chi connectivity index (χ1v) is 9.71. The van der Waals surface area contributed by atoms with E-state index in [1.54, 1.807) is 0 Å². The predicted molar refractivity (Wildman–Crippen MR) is 91.8 cm³/mol. The van der Waals surface area contributed by atoms with Crippen molar-refractivity contribution in [2.24, 2.45) is 0 Å². The maximum atomic E-state index is 12.8. The van der Waals surface area contributed by atoms with Crippen LogP contribution in [0.2, 0.25) is 0 Å². The highest BCUT2D eigenvalue weighted by Crippen LogP contribution is 2.32. The molecular formula is C15H21F3N4O5S. The van der Waals surface area contributed by atoms with Crippen molar-refractivity contribution >= 4 is 21.6 Å². The van der Waals surface area contributed by atoms with Crippen molar-refractivity contribution in [2.45, 2.75) is 36.1 Å². The molecule has 158 valence electrons. The Labute approximate surface area is 159 Å². The lowest BCUT2D eigenvalue weighted by Gasteiger charge is -2.21. The zero-order valence-electron chi connectivity index (χ0n) is 14.9. The van der Waals surface area contributed by atoms with Gasteiger partial charge in [-0.3, -0.25) is 4.79 Å². The van der Waals surface area contributed by atoms with Gasteiger partial charge < -0.3 is 20.9 Å². The summed E-state index contributed by atoms with van der Waals surface area (Å²) in [6.45, 7) is -0.752. The minimum Gasteiger partial charge on any atom is -0.397 e. The highest BCUT2D eigenvalue weighted by Gasteiger charge is 2.39. The number of hydrogen-bond acceptors (Lipinski definition) is 7. The van der Waals surface area contributed by atoms with Gasteiger partial charge in [0.2, 0.25) is 10.0 Å². The van der Waals surface area contributed by atoms with E-state index in [9.17, 15) is 26.4 Å². The molecule has 1 aromatic rings. The molecule has 0 radical (unpaired) electrons. The maximum Gasteiger partial charge on any atom is 0.416 e. The Bertz CT molecular complexity index is 814. The fourth-order valence-electron chi connectivity index (χ4n) is 2.36. The van der Waals surface area contributed by atoms with E-state index in [-0.39, 0.29) is 29.8 Å². The van der Waals surface area contributed by atoms with Crippen LogP contribution in [0.25, 0.3) is 0 Å². The first kappa shape index (κ1) is 22.3. The Balaban J connectivity index is 2.15. The van der Waals surface area contributed by atoms with Crippen LogP contribution in [0.3, 0.4) is 0 Å². The van der Waals surface area contributed by atoms with Crippen LogP contribution in [-0.2, 0) is 14.8 Å². The van der Waals surface area contributed by atoms with Gasteiger partial charge in [0.1, 0.15) is 4.90 Å². The number of nitrogens with one attached hydrogen (secondary N) is 1. The summed E-state index contributed by atoms with van der Waals surface area (Å²) in [7, 11) is -2.48. The van der Waals surface area contributed by atoms with Crippen molar-refractivity contribution < 1.29 is 36.2 Å². The first-order chi connectivity index (χ1) is 13.0. The lowest BCUT2D eigenvalue weighted by molar-refractivity contribution is -0.201. The normalized spacial score (nSPS) is 16.2. The number of nitrogens with zero attached hydrogens (tertiary/aromatic N) is 2. The summed E-state index contributed by atoms with van der Waals surface area (Å²) in [5.74, 6) is -1.07. The number of nitrogen functional groups attached to an aromatic ring is 1. The molecule has 9 nitrogen and oxygen atoms in total. The number of sulfonamides is 1. The highest BCUT2D eigenvalue weighted by molar-refractivity contribution is 7.89. The zero-order valence-corrected chi connectivity index (χ0v) is 15.8. The van der Waals surface area contributed by atoms with Crippen molar-refractivity contribution in [3.63, 3.8) is 0 Å². The third-order valence-electron chi connectivity index (χ3n) is 4.02. The number of ether oxygens (including phenoxy) is 1. The molecule has 0 aromatic carbocycles. The van der Waals surface area contributed by atoms with Crippen molar-refractivity contribution in [3.05, 3.63) is 18.0 Å². The van der Waals surface area contributed by atoms with Gasteiger partial charge in [0.15, 0.2) is 11.8 Å². The molecule has 0 bridgehead atoms. The zero-order chi connectivity index (χ0) is 21.1. The van der Waals surface area contributed by atoms with E-state index in [2.05, 4.69) is 4.98 Å². The van der Waals surface area contributed by atoms with Crippen molar-refractivity contribution in [2.75, 3.05) is 32.5 Å². The SMILES string of the molecule is COCCN(C1CC1)S(=O)(=O)c1cnc(C(=O)NCC(O)C(F)(F)F)c(N)c1. The largest absolute Gasteiger partial charge is 0.416 e. The number of amides is 1. The number of nitrogens with two attached hydrogens (primary N) is 1. The Morgan fingerprint density at radius 2 is 2.14 bits per heavy atom. The second-order valence-electron chi connectivity index (χ2n) is 6.22. The molecule has 1 aliphatic carbocycles. The highest BCUT2D eigenvalue weighted by atomic mass is 32.2. The Morgan fingerprint density at radius 1 is 1.50 bits per heavy atom. The molecule has 1 fully saturated rings. The first-order valence-electron chi connectivity index (χ1n) is 8.27. The summed E-state index contributed by atoms with van der Waals surface area (Å²) in [5, 5.41) is 10.8. The lowest BCUT2D eigenvalue weighted by atomic mass is 10.2. The molecule has 1 atom stereocenters. The van der Waals surface area contributed by atoms with Gasteiger partial charge in [-0.25, -0.2) is 13.4 Å². The summed E-state index contributed by atoms with van der Waals surface area (Å²) in [4.78, 5) is 15.4. The van der Waals surface area contributed by atoms with Gasteiger partial charge in [-0.1, -0.05) is 0 Å². The number of carbonyl (C=O) groups is 1. The van der Waals surface area contributed by atoms with Gasteiger partial charge in [0.25, 0.3) is 5.91 Å². The molecule has 1 aliphatic rings. The number of pyridine rings is 1. The van der Waals surface area contributed by atoms with Crippen LogP contribution in [0.5, 0.6) is 0 Å². The van der Waals surface area contributed by atoms with E-state index in [0.29, 0.717) is 12.8 Å². The molecule has 4 N–H and O–H groups in total. The molecule has 2 rings (SSSR count). The monoisotopic (exact) mass is 426 g/mol. The summed E-state index contributed by atoms with van der Waals surface area (Å²) < 4.78 is 68.6. The maximum absolute atomic E-state index is 12.8. The molecular weight excluding hydrogens is 405 g/mol. The number of anilines is 1. The van der Waals surface area contributed by atoms with Crippen LogP contribution in [0.15, 0.2) is 17.2 Å². The van der Waals surface area contributed by atoms with Gasteiger partial charge >= 0.3 is 6.18 Å². The number of rotatable bonds is 9. The number of aliphatic hydroxyl groups is 1. The fourth-order valence-corrected chi connectivity index (χ4v) is 4.01. The number of aromatic nitrogens is 1. The minimum absolute atomic E-state index is 0.140. The third-order valence-corrected chi connectivity index (χ3v) is 5.93. The molecule has 1 unspecified atom stereocenters. The van der Waals surface area contributed by atoms with Gasteiger partial charge in [-0.2, -0.15) is 17.5 Å². The summed E-state index contributed by atoms with van der Waals surface area (Å²) >= 11 is 0. The molecule has 1 heterocycles. The fraction of sp³-hybridized carbons (Fsp3) is 0.600. The Hall–Kier alpha value is -1.96. The topological polar surface area (TPSA) is 135 Å². The van der Waals surface area contributed by atoms with E-state index >= 15 is 0 Å². The number of hydrogen-bond donors (Lipinski definition) is 3. The Kier molecular flexibility index (Phi) is 6.85. The van der Waals surface area contributed by atoms with Crippen LogP contribution in [0.4, 0.5) is 18.9 Å². The molecule has 28 heavy (non-hydrogen) atoms. The third kappa shape index (κ3) is 5.31. The van der Waals surface area contributed by atoms with Gasteiger partial charge in [-0.05, 0) is 18.9 Å². The molecule has 0 aliphatic heterocycles. The van der Waals surface area contributed by atoms with Crippen molar-refractivity contribution in [3.8, 4) is 0 Å². The Morgan fingerprint density at radius 3 is 2.64 bits per heavy atom. The summed E-state index contributed by atoms with van der Waals surface area (Å²) in [6, 6.07) is 0.882. The van der Waals surface area contributed by atoms with E-state index in [4.69, 9.17) is 15.6 Å². The molecule has 1 aromatic heterocycles. The van der Waals surface area contributed by atoms with E-state index in [1.165, 1.54) is 11.4 Å². The summed E-state index contributed by atoms with van der Waals surface area (Å²) in [6.07, 6.45) is -5.28. The molecule has 0 spiro atoms. The predicted octanol–water partition coefficient (Wildman–Crippen LogP) is 0.116. The average Bonchev–Trinajstić information content (AvgIpc) is 3.43. The number of methoxy groups -OCH3 is 1. The average molecular weight is 426 g/mol. The van der Waals surface area contributed by atoms with Crippen LogP contribution in [-0.4, -0.2) is 73.8 Å². The van der Waals surface area contributed by atoms with Gasteiger partial charge in [0.05, 0.1) is 18.8 Å². The number of alkyl halides is 3. The molecule has 0 saturated heterocycles. The molecule has 1 saturated carbocycles. The van der Waals surface area contributed by atoms with Crippen LogP contribution >= 0.6 is 0 Å².